The van der Waals surface area contributed by atoms with Gasteiger partial charge in [-0.3, -0.25) is 4.90 Å². The molecule has 2 aliphatic rings. The first-order chi connectivity index (χ1) is 18.2. The van der Waals surface area contributed by atoms with Crippen LogP contribution in [0.1, 0.15) is 43.1 Å². The molecule has 13 heteroatoms. The monoisotopic (exact) mass is 534 g/mol. The number of alkyl halides is 3. The molecule has 1 aromatic carbocycles. The van der Waals surface area contributed by atoms with Gasteiger partial charge in [-0.2, -0.15) is 13.2 Å². The molecule has 10 nitrogen and oxygen atoms in total. The average Bonchev–Trinajstić information content (AvgIpc) is 2.86. The molecule has 1 aliphatic carbocycles. The van der Waals surface area contributed by atoms with E-state index in [-0.39, 0.29) is 30.1 Å². The largest absolute Gasteiger partial charge is 0.416 e. The molecule has 0 unspecified atom stereocenters. The fraction of sp³-hybridized carbons (Fsp3) is 0.520. The van der Waals surface area contributed by atoms with Crippen molar-refractivity contribution >= 4 is 29.9 Å². The van der Waals surface area contributed by atoms with Gasteiger partial charge in [-0.1, -0.05) is 23.7 Å². The minimum atomic E-state index is -4.42. The minimum absolute atomic E-state index is 0.0113. The number of hydrogen-bond acceptors (Lipinski definition) is 9. The number of nitrogens with one attached hydrogen (secondary N) is 1. The summed E-state index contributed by atoms with van der Waals surface area (Å²) in [4.78, 5) is 17.2. The summed E-state index contributed by atoms with van der Waals surface area (Å²) < 4.78 is 44.9. The predicted octanol–water partition coefficient (Wildman–Crippen LogP) is 3.82. The lowest BCUT2D eigenvalue weighted by Crippen LogP contribution is -2.44. The Morgan fingerprint density at radius 3 is 2.50 bits per heavy atom. The first-order valence-corrected chi connectivity index (χ1v) is 12.5. The predicted molar refractivity (Wildman–Crippen MR) is 139 cm³/mol. The van der Waals surface area contributed by atoms with Gasteiger partial charge in [-0.05, 0) is 50.1 Å². The summed E-state index contributed by atoms with van der Waals surface area (Å²) >= 11 is 0. The lowest BCUT2D eigenvalue weighted by atomic mass is 9.80. The topological polar surface area (TPSA) is 124 Å². The number of oxime groups is 1. The van der Waals surface area contributed by atoms with Crippen LogP contribution in [0.4, 0.5) is 30.5 Å². The van der Waals surface area contributed by atoms with Crippen LogP contribution in [0, 0.1) is 5.92 Å². The Balaban J connectivity index is 1.76. The van der Waals surface area contributed by atoms with Crippen molar-refractivity contribution in [2.24, 2.45) is 21.8 Å². The van der Waals surface area contributed by atoms with E-state index in [1.54, 1.807) is 0 Å². The zero-order chi connectivity index (χ0) is 27.3. The SMILES string of the molecule is C=Nc1nc(/C(N)=N/O)nc(N[C@H](C)C2CCC2)c1N(Cc1ccc(C(F)(F)F)cc1)CN1CCOCC1. The summed E-state index contributed by atoms with van der Waals surface area (Å²) in [5.41, 5.74) is 6.31. The molecule has 0 radical (unpaired) electrons. The number of anilines is 2. The van der Waals surface area contributed by atoms with Gasteiger partial charge in [0.05, 0.1) is 25.4 Å². The van der Waals surface area contributed by atoms with Gasteiger partial charge in [0.2, 0.25) is 11.7 Å². The highest BCUT2D eigenvalue weighted by Crippen LogP contribution is 2.38. The van der Waals surface area contributed by atoms with E-state index in [4.69, 9.17) is 10.5 Å². The Bertz CT molecular complexity index is 1130. The summed E-state index contributed by atoms with van der Waals surface area (Å²) in [5.74, 6) is 0.826. The summed E-state index contributed by atoms with van der Waals surface area (Å²) in [7, 11) is 0. The number of aliphatic imine (C=N–C) groups is 1. The van der Waals surface area contributed by atoms with Gasteiger partial charge in [0.1, 0.15) is 5.69 Å². The van der Waals surface area contributed by atoms with Crippen molar-refractivity contribution in [3.63, 3.8) is 0 Å². The third kappa shape index (κ3) is 6.51. The number of nitrogens with zero attached hydrogens (tertiary/aromatic N) is 6. The highest BCUT2D eigenvalue weighted by molar-refractivity contribution is 5.95. The number of nitrogens with two attached hydrogens (primary N) is 1. The molecule has 1 aromatic heterocycles. The summed E-state index contributed by atoms with van der Waals surface area (Å²) in [6, 6.07) is 5.15. The molecule has 38 heavy (non-hydrogen) atoms. The average molecular weight is 535 g/mol. The van der Waals surface area contributed by atoms with E-state index in [2.05, 4.69) is 44.0 Å². The van der Waals surface area contributed by atoms with Gasteiger partial charge in [0.25, 0.3) is 0 Å². The van der Waals surface area contributed by atoms with E-state index >= 15 is 0 Å². The molecule has 0 spiro atoms. The molecule has 0 bridgehead atoms. The fourth-order valence-electron chi connectivity index (χ4n) is 4.58. The second kappa shape index (κ2) is 11.9. The Morgan fingerprint density at radius 2 is 1.95 bits per heavy atom. The van der Waals surface area contributed by atoms with Crippen molar-refractivity contribution in [1.29, 1.82) is 0 Å². The maximum absolute atomic E-state index is 13.1. The third-order valence-corrected chi connectivity index (χ3v) is 7.02. The molecule has 4 N–H and O–H groups in total. The van der Waals surface area contributed by atoms with Crippen LogP contribution in [0.5, 0.6) is 0 Å². The normalized spacial score (nSPS) is 18.1. The lowest BCUT2D eigenvalue weighted by Gasteiger charge is -2.37. The number of hydrogen-bond donors (Lipinski definition) is 3. The number of halogens is 3. The van der Waals surface area contributed by atoms with Crippen molar-refractivity contribution < 1.29 is 23.1 Å². The molecule has 1 atom stereocenters. The first kappa shape index (κ1) is 27.6. The summed E-state index contributed by atoms with van der Waals surface area (Å²) in [5, 5.41) is 15.7. The van der Waals surface area contributed by atoms with E-state index in [0.29, 0.717) is 56.0 Å². The van der Waals surface area contributed by atoms with Crippen molar-refractivity contribution in [2.45, 2.75) is 44.9 Å². The number of benzene rings is 1. The number of amidine groups is 1. The van der Waals surface area contributed by atoms with Crippen LogP contribution >= 0.6 is 0 Å². The smallest absolute Gasteiger partial charge is 0.409 e. The Kier molecular flexibility index (Phi) is 8.67. The Labute approximate surface area is 219 Å². The van der Waals surface area contributed by atoms with Gasteiger partial charge < -0.3 is 25.9 Å². The fourth-order valence-corrected chi connectivity index (χ4v) is 4.58. The van der Waals surface area contributed by atoms with Crippen LogP contribution < -0.4 is 16.0 Å². The maximum atomic E-state index is 13.1. The first-order valence-electron chi connectivity index (χ1n) is 12.5. The maximum Gasteiger partial charge on any atom is 0.416 e. The van der Waals surface area contributed by atoms with Crippen LogP contribution in [0.3, 0.4) is 0 Å². The van der Waals surface area contributed by atoms with Crippen molar-refractivity contribution in [1.82, 2.24) is 14.9 Å². The van der Waals surface area contributed by atoms with E-state index in [9.17, 15) is 18.4 Å². The van der Waals surface area contributed by atoms with Crippen LogP contribution in [-0.2, 0) is 17.5 Å². The highest BCUT2D eigenvalue weighted by atomic mass is 19.4. The van der Waals surface area contributed by atoms with Gasteiger partial charge in [-0.25, -0.2) is 15.0 Å². The zero-order valence-corrected chi connectivity index (χ0v) is 21.3. The number of rotatable bonds is 10. The molecule has 4 rings (SSSR count). The van der Waals surface area contributed by atoms with Crippen LogP contribution in [0.25, 0.3) is 0 Å². The number of ether oxygens (including phenoxy) is 1. The zero-order valence-electron chi connectivity index (χ0n) is 21.3. The molecule has 1 aliphatic heterocycles. The van der Waals surface area contributed by atoms with E-state index in [1.165, 1.54) is 18.6 Å². The number of aromatic nitrogens is 2. The third-order valence-electron chi connectivity index (χ3n) is 7.02. The second-order valence-corrected chi connectivity index (χ2v) is 9.60. The van der Waals surface area contributed by atoms with Crippen LogP contribution in [-0.4, -0.2) is 71.6 Å². The van der Waals surface area contributed by atoms with Gasteiger partial charge in [-0.15, -0.1) is 0 Å². The van der Waals surface area contributed by atoms with E-state index in [0.717, 1.165) is 25.0 Å². The standard InChI is InChI=1S/C25H33F3N8O2/c1-16(18-4-3-5-18)31-23-20(22(30-2)32-24(33-23)21(29)34-37)36(15-35-10-12-38-13-11-35)14-17-6-8-19(9-7-17)25(26,27)28/h6-9,16,18,37H,2-5,10-15H2,1H3,(H2,29,34)(H,31,32,33)/t16-/m1/s1. The van der Waals surface area contributed by atoms with E-state index in [1.807, 2.05) is 4.90 Å². The van der Waals surface area contributed by atoms with Gasteiger partial charge in [0.15, 0.2) is 11.6 Å². The van der Waals surface area contributed by atoms with Crippen LogP contribution in [0.2, 0.25) is 0 Å². The van der Waals surface area contributed by atoms with Crippen molar-refractivity contribution in [3.05, 3.63) is 41.2 Å². The Hall–Kier alpha value is -3.45. The Morgan fingerprint density at radius 1 is 1.26 bits per heavy atom. The van der Waals surface area contributed by atoms with E-state index < -0.39 is 11.7 Å². The molecule has 2 fully saturated rings. The lowest BCUT2D eigenvalue weighted by molar-refractivity contribution is -0.137. The van der Waals surface area contributed by atoms with Crippen LogP contribution in [0.15, 0.2) is 34.4 Å². The summed E-state index contributed by atoms with van der Waals surface area (Å²) in [6.07, 6.45) is -1.06. The minimum Gasteiger partial charge on any atom is -0.409 e. The molecule has 2 aromatic rings. The second-order valence-electron chi connectivity index (χ2n) is 9.60. The molecule has 1 saturated carbocycles. The molecule has 2 heterocycles. The molecule has 1 saturated heterocycles. The number of morpholine rings is 1. The van der Waals surface area contributed by atoms with Gasteiger partial charge >= 0.3 is 6.18 Å². The molecular weight excluding hydrogens is 501 g/mol. The quantitative estimate of drug-likeness (QED) is 0.182. The molecule has 206 valence electrons. The van der Waals surface area contributed by atoms with Gasteiger partial charge in [0, 0.05) is 25.7 Å². The van der Waals surface area contributed by atoms with Crippen molar-refractivity contribution in [2.75, 3.05) is 43.2 Å². The molecular formula is C25H33F3N8O2. The summed E-state index contributed by atoms with van der Waals surface area (Å²) in [6.45, 7) is 8.95. The molecule has 0 amide bonds. The van der Waals surface area contributed by atoms with Crippen molar-refractivity contribution in [3.8, 4) is 0 Å². The highest BCUT2D eigenvalue weighted by Gasteiger charge is 2.31.